The third-order valence-corrected chi connectivity index (χ3v) is 4.02. The molecule has 0 saturated carbocycles. The Balaban J connectivity index is 2.79. The number of nitrogens with zero attached hydrogens (tertiary/aromatic N) is 1. The molecule has 0 aliphatic carbocycles. The summed E-state index contributed by atoms with van der Waals surface area (Å²) in [5.41, 5.74) is 6.90. The molecular formula is C11H18N2O2S. The molecular weight excluding hydrogens is 224 g/mol. The van der Waals surface area contributed by atoms with Crippen molar-refractivity contribution in [2.75, 3.05) is 5.75 Å². The van der Waals surface area contributed by atoms with Gasteiger partial charge < -0.3 is 5.73 Å². The van der Waals surface area contributed by atoms with Crippen LogP contribution in [0.5, 0.6) is 0 Å². The van der Waals surface area contributed by atoms with Crippen molar-refractivity contribution in [3.05, 3.63) is 29.6 Å². The van der Waals surface area contributed by atoms with Gasteiger partial charge in [0.15, 0.2) is 9.84 Å². The highest BCUT2D eigenvalue weighted by Crippen LogP contribution is 2.11. The Hall–Kier alpha value is -0.940. The highest BCUT2D eigenvalue weighted by atomic mass is 32.2. The van der Waals surface area contributed by atoms with E-state index < -0.39 is 9.84 Å². The van der Waals surface area contributed by atoms with Crippen LogP contribution in [0, 0.1) is 0 Å². The fourth-order valence-electron chi connectivity index (χ4n) is 1.46. The van der Waals surface area contributed by atoms with Gasteiger partial charge in [0.05, 0.1) is 17.2 Å². The van der Waals surface area contributed by atoms with E-state index in [1.54, 1.807) is 18.3 Å². The molecule has 0 aliphatic rings. The van der Waals surface area contributed by atoms with E-state index in [2.05, 4.69) is 4.98 Å². The van der Waals surface area contributed by atoms with E-state index in [9.17, 15) is 8.42 Å². The van der Waals surface area contributed by atoms with E-state index in [0.29, 0.717) is 12.1 Å². The summed E-state index contributed by atoms with van der Waals surface area (Å²) in [4.78, 5) is 4.07. The summed E-state index contributed by atoms with van der Waals surface area (Å²) in [7, 11) is -3.02. The molecule has 0 aliphatic heterocycles. The molecule has 0 saturated heterocycles. The first-order valence-corrected chi connectivity index (χ1v) is 7.24. The minimum Gasteiger partial charge on any atom is -0.325 e. The lowest BCUT2D eigenvalue weighted by molar-refractivity contribution is 0.591. The SMILES string of the molecule is CCCCS(=O)(=O)Cc1cccnc1CN. The maximum Gasteiger partial charge on any atom is 0.154 e. The average Bonchev–Trinajstić information content (AvgIpc) is 2.27. The molecule has 2 N–H and O–H groups in total. The van der Waals surface area contributed by atoms with Crippen LogP contribution in [0.15, 0.2) is 18.3 Å². The van der Waals surface area contributed by atoms with Gasteiger partial charge in [-0.2, -0.15) is 0 Å². The van der Waals surface area contributed by atoms with Gasteiger partial charge in [-0.05, 0) is 18.1 Å². The minimum atomic E-state index is -3.02. The summed E-state index contributed by atoms with van der Waals surface area (Å²) < 4.78 is 23.5. The van der Waals surface area contributed by atoms with Crippen LogP contribution < -0.4 is 5.73 Å². The summed E-state index contributed by atoms with van der Waals surface area (Å²) >= 11 is 0. The van der Waals surface area contributed by atoms with Crippen molar-refractivity contribution in [2.24, 2.45) is 5.73 Å². The molecule has 0 amide bonds. The van der Waals surface area contributed by atoms with Crippen LogP contribution >= 0.6 is 0 Å². The van der Waals surface area contributed by atoms with Crippen LogP contribution in [-0.2, 0) is 22.1 Å². The van der Waals surface area contributed by atoms with Crippen molar-refractivity contribution in [1.29, 1.82) is 0 Å². The maximum absolute atomic E-state index is 11.8. The van der Waals surface area contributed by atoms with Gasteiger partial charge in [-0.15, -0.1) is 0 Å². The number of nitrogens with two attached hydrogens (primary N) is 1. The smallest absolute Gasteiger partial charge is 0.154 e. The predicted molar refractivity (Wildman–Crippen MR) is 64.5 cm³/mol. The summed E-state index contributed by atoms with van der Waals surface area (Å²) in [5.74, 6) is 0.287. The molecule has 1 aromatic rings. The van der Waals surface area contributed by atoms with Crippen LogP contribution in [0.4, 0.5) is 0 Å². The number of pyridine rings is 1. The molecule has 4 nitrogen and oxygen atoms in total. The molecule has 0 bridgehead atoms. The zero-order valence-corrected chi connectivity index (χ0v) is 10.3. The second kappa shape index (κ2) is 5.96. The fourth-order valence-corrected chi connectivity index (χ4v) is 3.07. The Kier molecular flexibility index (Phi) is 4.89. The summed E-state index contributed by atoms with van der Waals surface area (Å²) in [5, 5.41) is 0. The van der Waals surface area contributed by atoms with E-state index in [-0.39, 0.29) is 18.1 Å². The van der Waals surface area contributed by atoms with Crippen LogP contribution in [0.3, 0.4) is 0 Å². The molecule has 5 heteroatoms. The van der Waals surface area contributed by atoms with Gasteiger partial charge in [-0.1, -0.05) is 19.4 Å². The lowest BCUT2D eigenvalue weighted by atomic mass is 10.2. The number of rotatable bonds is 6. The summed E-state index contributed by atoms with van der Waals surface area (Å²) in [6, 6.07) is 3.52. The second-order valence-corrected chi connectivity index (χ2v) is 5.94. The van der Waals surface area contributed by atoms with Crippen molar-refractivity contribution in [3.63, 3.8) is 0 Å². The number of hydrogen-bond acceptors (Lipinski definition) is 4. The first kappa shape index (κ1) is 13.1. The molecule has 1 rings (SSSR count). The Bertz CT molecular complexity index is 429. The second-order valence-electron chi connectivity index (χ2n) is 3.76. The van der Waals surface area contributed by atoms with E-state index in [1.807, 2.05) is 6.92 Å². The van der Waals surface area contributed by atoms with Crippen LogP contribution in [0.1, 0.15) is 31.0 Å². The quantitative estimate of drug-likeness (QED) is 0.815. The normalized spacial score (nSPS) is 11.6. The molecule has 16 heavy (non-hydrogen) atoms. The first-order chi connectivity index (χ1) is 7.59. The number of unbranched alkanes of at least 4 members (excludes halogenated alkanes) is 1. The number of hydrogen-bond donors (Lipinski definition) is 1. The van der Waals surface area contributed by atoms with Crippen LogP contribution in [0.2, 0.25) is 0 Å². The molecule has 0 radical (unpaired) electrons. The lowest BCUT2D eigenvalue weighted by Gasteiger charge is -2.07. The Morgan fingerprint density at radius 1 is 1.44 bits per heavy atom. The molecule has 0 aromatic carbocycles. The molecule has 0 spiro atoms. The van der Waals surface area contributed by atoms with Gasteiger partial charge in [0.2, 0.25) is 0 Å². The molecule has 90 valence electrons. The Labute approximate surface area is 96.8 Å². The zero-order chi connectivity index (χ0) is 12.0. The summed E-state index contributed by atoms with van der Waals surface area (Å²) in [6.45, 7) is 2.25. The van der Waals surface area contributed by atoms with Gasteiger partial charge in [-0.25, -0.2) is 8.42 Å². The van der Waals surface area contributed by atoms with Gasteiger partial charge >= 0.3 is 0 Å². The van der Waals surface area contributed by atoms with E-state index in [4.69, 9.17) is 5.73 Å². The van der Waals surface area contributed by atoms with Crippen molar-refractivity contribution < 1.29 is 8.42 Å². The number of sulfone groups is 1. The average molecular weight is 242 g/mol. The van der Waals surface area contributed by atoms with Gasteiger partial charge in [0.25, 0.3) is 0 Å². The zero-order valence-electron chi connectivity index (χ0n) is 9.52. The summed E-state index contributed by atoms with van der Waals surface area (Å²) in [6.07, 6.45) is 3.22. The molecule has 0 fully saturated rings. The standard InChI is InChI=1S/C11H18N2O2S/c1-2-3-7-16(14,15)9-10-5-4-6-13-11(10)8-12/h4-6H,2-3,7-9,12H2,1H3. The first-order valence-electron chi connectivity index (χ1n) is 5.42. The van der Waals surface area contributed by atoms with Gasteiger partial charge in [0.1, 0.15) is 0 Å². The van der Waals surface area contributed by atoms with Gasteiger partial charge in [-0.3, -0.25) is 4.98 Å². The highest BCUT2D eigenvalue weighted by molar-refractivity contribution is 7.90. The maximum atomic E-state index is 11.8. The van der Waals surface area contributed by atoms with E-state index >= 15 is 0 Å². The highest BCUT2D eigenvalue weighted by Gasteiger charge is 2.13. The van der Waals surface area contributed by atoms with Crippen LogP contribution in [0.25, 0.3) is 0 Å². The van der Waals surface area contributed by atoms with Crippen LogP contribution in [-0.4, -0.2) is 19.2 Å². The third kappa shape index (κ3) is 3.90. The van der Waals surface area contributed by atoms with Crippen molar-refractivity contribution in [2.45, 2.75) is 32.1 Å². The molecule has 1 aromatic heterocycles. The van der Waals surface area contributed by atoms with E-state index in [1.165, 1.54) is 0 Å². The third-order valence-electron chi connectivity index (χ3n) is 2.36. The van der Waals surface area contributed by atoms with Crippen molar-refractivity contribution >= 4 is 9.84 Å². The Morgan fingerprint density at radius 2 is 2.19 bits per heavy atom. The topological polar surface area (TPSA) is 73.0 Å². The number of aromatic nitrogens is 1. The predicted octanol–water partition coefficient (Wildman–Crippen LogP) is 1.26. The molecule has 0 atom stereocenters. The largest absolute Gasteiger partial charge is 0.325 e. The van der Waals surface area contributed by atoms with Crippen molar-refractivity contribution in [3.8, 4) is 0 Å². The molecule has 1 heterocycles. The van der Waals surface area contributed by atoms with Gasteiger partial charge in [0, 0.05) is 12.7 Å². The monoisotopic (exact) mass is 242 g/mol. The Morgan fingerprint density at radius 3 is 2.81 bits per heavy atom. The van der Waals surface area contributed by atoms with Crippen molar-refractivity contribution in [1.82, 2.24) is 4.98 Å². The molecule has 0 unspecified atom stereocenters. The van der Waals surface area contributed by atoms with E-state index in [0.717, 1.165) is 12.0 Å². The minimum absolute atomic E-state index is 0.0490. The lowest BCUT2D eigenvalue weighted by Crippen LogP contribution is -2.12. The fraction of sp³-hybridized carbons (Fsp3) is 0.545.